The third-order valence-corrected chi connectivity index (χ3v) is 7.95. The van der Waals surface area contributed by atoms with Crippen LogP contribution in [0.4, 0.5) is 5.69 Å². The largest absolute Gasteiger partial charge is 0.339 e. The van der Waals surface area contributed by atoms with Crippen LogP contribution in [0.3, 0.4) is 0 Å². The maximum atomic E-state index is 11.6. The van der Waals surface area contributed by atoms with Crippen LogP contribution in [0.2, 0.25) is 0 Å². The maximum absolute atomic E-state index is 11.6. The quantitative estimate of drug-likeness (QED) is 0.501. The summed E-state index contributed by atoms with van der Waals surface area (Å²) in [5, 5.41) is 8.76. The number of anilines is 1. The van der Waals surface area contributed by atoms with Gasteiger partial charge in [-0.25, -0.2) is 18.5 Å². The molecular formula is C22H35N5O2S. The highest BCUT2D eigenvalue weighted by molar-refractivity contribution is 7.89. The van der Waals surface area contributed by atoms with Crippen molar-refractivity contribution >= 4 is 21.7 Å². The summed E-state index contributed by atoms with van der Waals surface area (Å²) in [6.07, 6.45) is 12.0. The lowest BCUT2D eigenvalue weighted by atomic mass is 9.78. The number of likely N-dealkylation sites (tertiary alicyclic amines) is 1. The Labute approximate surface area is 180 Å². The number of benzene rings is 1. The van der Waals surface area contributed by atoms with Crippen molar-refractivity contribution in [2.45, 2.75) is 87.2 Å². The Hall–Kier alpha value is -1.64. The number of guanidine groups is 1. The average molecular weight is 434 g/mol. The van der Waals surface area contributed by atoms with Crippen LogP contribution in [0.25, 0.3) is 0 Å². The Morgan fingerprint density at radius 3 is 2.37 bits per heavy atom. The third kappa shape index (κ3) is 4.98. The van der Waals surface area contributed by atoms with Crippen LogP contribution in [-0.2, 0) is 10.0 Å². The number of rotatable bonds is 3. The fraction of sp³-hybridized carbons (Fsp3) is 0.682. The van der Waals surface area contributed by atoms with E-state index in [-0.39, 0.29) is 17.0 Å². The van der Waals surface area contributed by atoms with Gasteiger partial charge in [-0.2, -0.15) is 0 Å². The molecule has 4 rings (SSSR count). The molecule has 2 aliphatic carbocycles. The predicted molar refractivity (Wildman–Crippen MR) is 121 cm³/mol. The van der Waals surface area contributed by atoms with Crippen LogP contribution in [0.1, 0.15) is 64.2 Å². The molecule has 1 aliphatic heterocycles. The summed E-state index contributed by atoms with van der Waals surface area (Å²) >= 11 is 0. The van der Waals surface area contributed by atoms with Crippen molar-refractivity contribution in [2.24, 2.45) is 21.8 Å². The predicted octanol–water partition coefficient (Wildman–Crippen LogP) is 3.03. The van der Waals surface area contributed by atoms with Gasteiger partial charge in [0.2, 0.25) is 10.0 Å². The Kier molecular flexibility index (Phi) is 6.65. The summed E-state index contributed by atoms with van der Waals surface area (Å²) in [4.78, 5) is 7.75. The molecule has 8 heteroatoms. The first-order valence-electron chi connectivity index (χ1n) is 11.4. The highest BCUT2D eigenvalue weighted by atomic mass is 32.2. The topological polar surface area (TPSA) is 114 Å². The van der Waals surface area contributed by atoms with Crippen molar-refractivity contribution < 1.29 is 8.42 Å². The molecule has 1 heterocycles. The molecule has 1 aromatic carbocycles. The van der Waals surface area contributed by atoms with Gasteiger partial charge in [-0.1, -0.05) is 25.7 Å². The molecule has 166 valence electrons. The van der Waals surface area contributed by atoms with Crippen LogP contribution in [0.5, 0.6) is 0 Å². The van der Waals surface area contributed by atoms with E-state index in [4.69, 9.17) is 15.9 Å². The molecule has 2 unspecified atom stereocenters. The van der Waals surface area contributed by atoms with Crippen LogP contribution in [0.15, 0.2) is 34.2 Å². The summed E-state index contributed by atoms with van der Waals surface area (Å²) < 4.78 is 23.2. The van der Waals surface area contributed by atoms with E-state index in [9.17, 15) is 8.42 Å². The summed E-state index contributed by atoms with van der Waals surface area (Å²) in [5.41, 5.74) is 7.24. The van der Waals surface area contributed by atoms with E-state index in [0.717, 1.165) is 37.0 Å². The summed E-state index contributed by atoms with van der Waals surface area (Å²) in [7, 11) is -3.70. The van der Waals surface area contributed by atoms with E-state index in [1.165, 1.54) is 51.4 Å². The molecule has 0 aromatic heterocycles. The van der Waals surface area contributed by atoms with Gasteiger partial charge in [-0.15, -0.1) is 0 Å². The molecule has 5 N–H and O–H groups in total. The normalized spacial score (nSPS) is 30.6. The van der Waals surface area contributed by atoms with Gasteiger partial charge >= 0.3 is 0 Å². The zero-order valence-electron chi connectivity index (χ0n) is 17.7. The van der Waals surface area contributed by atoms with E-state index in [1.807, 2.05) is 0 Å². The number of nitrogens with one attached hydrogen (secondary N) is 1. The number of hydrogen-bond donors (Lipinski definition) is 3. The van der Waals surface area contributed by atoms with E-state index < -0.39 is 10.0 Å². The molecule has 30 heavy (non-hydrogen) atoms. The first-order valence-corrected chi connectivity index (χ1v) is 13.0. The van der Waals surface area contributed by atoms with Gasteiger partial charge in [0.05, 0.1) is 10.9 Å². The Morgan fingerprint density at radius 2 is 1.63 bits per heavy atom. The molecule has 1 saturated heterocycles. The average Bonchev–Trinajstić information content (AvgIpc) is 2.74. The molecule has 4 atom stereocenters. The molecule has 0 amide bonds. The molecular weight excluding hydrogens is 398 g/mol. The molecule has 2 saturated carbocycles. The summed E-state index contributed by atoms with van der Waals surface area (Å²) in [6.45, 7) is 1.00. The number of hydrogen-bond acceptors (Lipinski definition) is 4. The minimum absolute atomic E-state index is 0.104. The van der Waals surface area contributed by atoms with Crippen LogP contribution in [-0.4, -0.2) is 43.9 Å². The first-order chi connectivity index (χ1) is 14.4. The third-order valence-electron chi connectivity index (χ3n) is 7.02. The number of fused-ring (bicyclic) bond motifs is 1. The van der Waals surface area contributed by atoms with Crippen molar-refractivity contribution in [3.05, 3.63) is 24.3 Å². The Bertz CT molecular complexity index is 853. The van der Waals surface area contributed by atoms with Crippen LogP contribution >= 0.6 is 0 Å². The Balaban J connectivity index is 1.61. The zero-order chi connectivity index (χ0) is 21.1. The smallest absolute Gasteiger partial charge is 0.238 e. The van der Waals surface area contributed by atoms with Gasteiger partial charge in [0.15, 0.2) is 5.96 Å². The molecule has 3 fully saturated rings. The van der Waals surface area contributed by atoms with Crippen molar-refractivity contribution in [3.63, 3.8) is 0 Å². The lowest BCUT2D eigenvalue weighted by Crippen LogP contribution is -2.52. The standard InChI is InChI=1S/C22H35N5O2S/c23-19-8-2-3-9-20(19)26-22(25-17-11-13-18(14-12-17)30(24,28)29)27-15-5-7-16-6-1-4-10-21(16)27/h11-14,16,19-21H,1-10,15,23H2,(H,25,26)(H2,24,28,29)/t16?,19-,20-,21?/m0/s1. The second-order valence-corrected chi connectivity index (χ2v) is 10.7. The summed E-state index contributed by atoms with van der Waals surface area (Å²) in [5.74, 6) is 1.64. The zero-order valence-corrected chi connectivity index (χ0v) is 18.5. The van der Waals surface area contributed by atoms with Crippen LogP contribution in [0, 0.1) is 5.92 Å². The lowest BCUT2D eigenvalue weighted by Gasteiger charge is -2.46. The molecule has 0 radical (unpaired) electrons. The van der Waals surface area contributed by atoms with E-state index in [0.29, 0.717) is 6.04 Å². The second kappa shape index (κ2) is 9.24. The van der Waals surface area contributed by atoms with Crippen LogP contribution < -0.4 is 16.2 Å². The van der Waals surface area contributed by atoms with E-state index in [2.05, 4.69) is 10.2 Å². The van der Waals surface area contributed by atoms with Crippen molar-refractivity contribution in [1.82, 2.24) is 4.90 Å². The minimum Gasteiger partial charge on any atom is -0.339 e. The SMILES string of the molecule is N[C@H]1CCCC[C@@H]1N=C(Nc1ccc(S(N)(=O)=O)cc1)N1CCCC2CCCCC21. The highest BCUT2D eigenvalue weighted by Crippen LogP contribution is 2.36. The monoisotopic (exact) mass is 433 g/mol. The molecule has 7 nitrogen and oxygen atoms in total. The highest BCUT2D eigenvalue weighted by Gasteiger charge is 2.35. The van der Waals surface area contributed by atoms with Crippen molar-refractivity contribution in [1.29, 1.82) is 0 Å². The fourth-order valence-electron chi connectivity index (χ4n) is 5.38. The number of piperidine rings is 1. The fourth-order valence-corrected chi connectivity index (χ4v) is 5.90. The van der Waals surface area contributed by atoms with Gasteiger partial charge in [0.1, 0.15) is 0 Å². The number of aliphatic imine (C=N–C) groups is 1. The molecule has 0 spiro atoms. The number of nitrogens with zero attached hydrogens (tertiary/aromatic N) is 2. The van der Waals surface area contributed by atoms with Gasteiger partial charge in [-0.3, -0.25) is 0 Å². The molecule has 0 bridgehead atoms. The number of sulfonamides is 1. The molecule has 3 aliphatic rings. The Morgan fingerprint density at radius 1 is 0.967 bits per heavy atom. The van der Waals surface area contributed by atoms with Gasteiger partial charge in [0, 0.05) is 24.3 Å². The minimum atomic E-state index is -3.70. The van der Waals surface area contributed by atoms with E-state index >= 15 is 0 Å². The maximum Gasteiger partial charge on any atom is 0.238 e. The van der Waals surface area contributed by atoms with Crippen molar-refractivity contribution in [2.75, 3.05) is 11.9 Å². The second-order valence-electron chi connectivity index (χ2n) is 9.11. The van der Waals surface area contributed by atoms with E-state index in [1.54, 1.807) is 24.3 Å². The number of primary sulfonamides is 1. The van der Waals surface area contributed by atoms with Gasteiger partial charge in [0.25, 0.3) is 0 Å². The molecule has 1 aromatic rings. The number of nitrogens with two attached hydrogens (primary N) is 2. The first kappa shape index (κ1) is 21.6. The van der Waals surface area contributed by atoms with Crippen molar-refractivity contribution in [3.8, 4) is 0 Å². The summed E-state index contributed by atoms with van der Waals surface area (Å²) in [6, 6.07) is 7.38. The van der Waals surface area contributed by atoms with Gasteiger partial charge < -0.3 is 16.0 Å². The van der Waals surface area contributed by atoms with Gasteiger partial charge in [-0.05, 0) is 68.7 Å². The lowest BCUT2D eigenvalue weighted by molar-refractivity contribution is 0.118.